The van der Waals surface area contributed by atoms with E-state index in [4.69, 9.17) is 5.73 Å². The number of aryl methyl sites for hydroxylation is 3. The van der Waals surface area contributed by atoms with Crippen molar-refractivity contribution in [3.8, 4) is 0 Å². The van der Waals surface area contributed by atoms with Crippen molar-refractivity contribution in [3.05, 3.63) is 51.5 Å². The Morgan fingerprint density at radius 3 is 2.64 bits per heavy atom. The van der Waals surface area contributed by atoms with E-state index in [9.17, 15) is 4.79 Å². The summed E-state index contributed by atoms with van der Waals surface area (Å²) in [5, 5.41) is 9.21. The van der Waals surface area contributed by atoms with Gasteiger partial charge in [0.05, 0.1) is 11.4 Å². The quantitative estimate of drug-likeness (QED) is 0.767. The van der Waals surface area contributed by atoms with Gasteiger partial charge in [-0.15, -0.1) is 16.4 Å². The molecule has 0 aliphatic carbocycles. The third-order valence-corrected chi connectivity index (χ3v) is 6.20. The largest absolute Gasteiger partial charge is 0.397 e. The molecule has 1 aliphatic heterocycles. The second-order valence-electron chi connectivity index (χ2n) is 6.70. The lowest BCUT2D eigenvalue weighted by Gasteiger charge is -2.40. The number of carbonyl (C=O) groups excluding carboxylic acids is 1. The van der Waals surface area contributed by atoms with E-state index in [0.29, 0.717) is 16.5 Å². The second-order valence-corrected chi connectivity index (χ2v) is 7.70. The van der Waals surface area contributed by atoms with Crippen LogP contribution in [0.4, 0.5) is 5.69 Å². The number of carbonyl (C=O) groups is 1. The van der Waals surface area contributed by atoms with Crippen LogP contribution in [0.25, 0.3) is 10.2 Å². The predicted octanol–water partition coefficient (Wildman–Crippen LogP) is 3.44. The molecule has 6 heteroatoms. The fourth-order valence-electron chi connectivity index (χ4n) is 3.43. The zero-order valence-corrected chi connectivity index (χ0v) is 15.4. The van der Waals surface area contributed by atoms with Crippen LogP contribution in [0.15, 0.2) is 24.3 Å². The summed E-state index contributed by atoms with van der Waals surface area (Å²) in [5.74, 6) is 0.409. The molecule has 0 atom stereocenters. The van der Waals surface area contributed by atoms with Gasteiger partial charge < -0.3 is 10.6 Å². The number of benzene rings is 1. The van der Waals surface area contributed by atoms with Gasteiger partial charge in [-0.25, -0.2) is 0 Å². The molecule has 1 aromatic carbocycles. The first-order valence-electron chi connectivity index (χ1n) is 8.34. The summed E-state index contributed by atoms with van der Waals surface area (Å²) >= 11 is 1.34. The second kappa shape index (κ2) is 5.81. The molecule has 1 fully saturated rings. The van der Waals surface area contributed by atoms with Gasteiger partial charge in [-0.2, -0.15) is 5.10 Å². The Kier molecular flexibility index (Phi) is 3.72. The maximum Gasteiger partial charge on any atom is 0.266 e. The van der Waals surface area contributed by atoms with Crippen LogP contribution in [0.5, 0.6) is 0 Å². The Balaban J connectivity index is 1.59. The number of nitrogens with two attached hydrogens (primary N) is 1. The van der Waals surface area contributed by atoms with E-state index in [1.54, 1.807) is 0 Å². The molecule has 0 radical (unpaired) electrons. The number of rotatable bonds is 2. The lowest BCUT2D eigenvalue weighted by Crippen LogP contribution is -2.48. The van der Waals surface area contributed by atoms with Crippen molar-refractivity contribution >= 4 is 33.1 Å². The number of anilines is 1. The highest BCUT2D eigenvalue weighted by Crippen LogP contribution is 2.38. The minimum absolute atomic E-state index is 0.00221. The zero-order chi connectivity index (χ0) is 17.7. The summed E-state index contributed by atoms with van der Waals surface area (Å²) in [4.78, 5) is 16.1. The van der Waals surface area contributed by atoms with Crippen molar-refractivity contribution in [2.75, 3.05) is 18.8 Å². The number of thiophene rings is 1. The monoisotopic (exact) mass is 352 g/mol. The Hall–Kier alpha value is -2.47. The SMILES string of the molecule is Cc1ccccc1C1CN(C(=O)c2sc3nnc(C)c(C)c3c2N)C1. The number of aromatic nitrogens is 2. The molecule has 25 heavy (non-hydrogen) atoms. The lowest BCUT2D eigenvalue weighted by atomic mass is 9.88. The predicted molar refractivity (Wildman–Crippen MR) is 101 cm³/mol. The van der Waals surface area contributed by atoms with Gasteiger partial charge in [0.1, 0.15) is 9.71 Å². The Morgan fingerprint density at radius 1 is 1.20 bits per heavy atom. The van der Waals surface area contributed by atoms with Crippen LogP contribution in [0.3, 0.4) is 0 Å². The van der Waals surface area contributed by atoms with Gasteiger partial charge >= 0.3 is 0 Å². The number of nitrogen functional groups attached to an aromatic ring is 1. The van der Waals surface area contributed by atoms with Crippen molar-refractivity contribution in [1.29, 1.82) is 0 Å². The molecule has 128 valence electrons. The molecule has 4 rings (SSSR count). The van der Waals surface area contributed by atoms with Crippen molar-refractivity contribution in [2.24, 2.45) is 0 Å². The highest BCUT2D eigenvalue weighted by Gasteiger charge is 2.35. The number of hydrogen-bond acceptors (Lipinski definition) is 5. The number of nitrogens with zero attached hydrogens (tertiary/aromatic N) is 3. The molecular weight excluding hydrogens is 332 g/mol. The van der Waals surface area contributed by atoms with Crippen LogP contribution in [0, 0.1) is 20.8 Å². The van der Waals surface area contributed by atoms with Crippen LogP contribution in [0.1, 0.15) is 38.0 Å². The maximum absolute atomic E-state index is 12.9. The Bertz CT molecular complexity index is 988. The number of hydrogen-bond donors (Lipinski definition) is 1. The fraction of sp³-hybridized carbons (Fsp3) is 0.316. The maximum atomic E-state index is 12.9. The van der Waals surface area contributed by atoms with Crippen molar-refractivity contribution in [2.45, 2.75) is 26.7 Å². The highest BCUT2D eigenvalue weighted by molar-refractivity contribution is 7.21. The molecule has 0 unspecified atom stereocenters. The molecule has 0 spiro atoms. The molecule has 1 aliphatic rings. The summed E-state index contributed by atoms with van der Waals surface area (Å²) < 4.78 is 0. The van der Waals surface area contributed by atoms with Gasteiger partial charge in [0, 0.05) is 24.4 Å². The molecule has 2 N–H and O–H groups in total. The normalized spacial score (nSPS) is 14.8. The molecule has 0 saturated carbocycles. The summed E-state index contributed by atoms with van der Waals surface area (Å²) in [5.41, 5.74) is 11.3. The van der Waals surface area contributed by atoms with Crippen molar-refractivity contribution in [3.63, 3.8) is 0 Å². The zero-order valence-electron chi connectivity index (χ0n) is 14.5. The van der Waals surface area contributed by atoms with Gasteiger partial charge in [-0.05, 0) is 37.5 Å². The van der Waals surface area contributed by atoms with E-state index in [-0.39, 0.29) is 5.91 Å². The topological polar surface area (TPSA) is 72.1 Å². The molecule has 3 aromatic rings. The first kappa shape index (κ1) is 16.0. The van der Waals surface area contributed by atoms with E-state index in [1.807, 2.05) is 24.8 Å². The number of amides is 1. The molecule has 2 aromatic heterocycles. The number of fused-ring (bicyclic) bond motifs is 1. The van der Waals surface area contributed by atoms with Crippen LogP contribution in [-0.2, 0) is 0 Å². The summed E-state index contributed by atoms with van der Waals surface area (Å²) in [6.07, 6.45) is 0. The Labute approximate surface area is 150 Å². The van der Waals surface area contributed by atoms with Crippen LogP contribution in [0.2, 0.25) is 0 Å². The Morgan fingerprint density at radius 2 is 1.92 bits per heavy atom. The molecular formula is C19H20N4OS. The van der Waals surface area contributed by atoms with E-state index >= 15 is 0 Å². The van der Waals surface area contributed by atoms with E-state index in [2.05, 4.69) is 35.3 Å². The highest BCUT2D eigenvalue weighted by atomic mass is 32.1. The molecule has 5 nitrogen and oxygen atoms in total. The summed E-state index contributed by atoms with van der Waals surface area (Å²) in [6.45, 7) is 7.47. The van der Waals surface area contributed by atoms with Crippen molar-refractivity contribution in [1.82, 2.24) is 15.1 Å². The molecule has 3 heterocycles. The van der Waals surface area contributed by atoms with Gasteiger partial charge in [0.25, 0.3) is 5.91 Å². The summed E-state index contributed by atoms with van der Waals surface area (Å²) in [7, 11) is 0. The van der Waals surface area contributed by atoms with Gasteiger partial charge in [0.15, 0.2) is 0 Å². The number of likely N-dealkylation sites (tertiary alicyclic amines) is 1. The third kappa shape index (κ3) is 2.48. The third-order valence-electron chi connectivity index (χ3n) is 5.13. The van der Waals surface area contributed by atoms with E-state index < -0.39 is 0 Å². The minimum Gasteiger partial charge on any atom is -0.397 e. The molecule has 1 amide bonds. The van der Waals surface area contributed by atoms with Gasteiger partial charge in [0.2, 0.25) is 0 Å². The van der Waals surface area contributed by atoms with Crippen LogP contribution >= 0.6 is 11.3 Å². The van der Waals surface area contributed by atoms with Crippen LogP contribution in [-0.4, -0.2) is 34.1 Å². The van der Waals surface area contributed by atoms with Crippen LogP contribution < -0.4 is 5.73 Å². The first-order chi connectivity index (χ1) is 12.0. The smallest absolute Gasteiger partial charge is 0.266 e. The lowest BCUT2D eigenvalue weighted by molar-refractivity contribution is 0.0608. The minimum atomic E-state index is 0.00221. The fourth-order valence-corrected chi connectivity index (χ4v) is 4.50. The molecule has 0 bridgehead atoms. The average molecular weight is 352 g/mol. The van der Waals surface area contributed by atoms with E-state index in [1.165, 1.54) is 22.5 Å². The van der Waals surface area contributed by atoms with Crippen molar-refractivity contribution < 1.29 is 4.79 Å². The standard InChI is InChI=1S/C19H20N4OS/c1-10-6-4-5-7-14(10)13-8-23(9-13)19(24)17-16(20)15-11(2)12(3)21-22-18(15)25-17/h4-7,13H,8-9,20H2,1-3H3. The van der Waals surface area contributed by atoms with E-state index in [0.717, 1.165) is 34.6 Å². The van der Waals surface area contributed by atoms with Gasteiger partial charge in [-0.3, -0.25) is 4.79 Å². The van der Waals surface area contributed by atoms with Gasteiger partial charge in [-0.1, -0.05) is 24.3 Å². The first-order valence-corrected chi connectivity index (χ1v) is 9.15. The molecule has 1 saturated heterocycles. The summed E-state index contributed by atoms with van der Waals surface area (Å²) in [6, 6.07) is 8.37. The average Bonchev–Trinajstić information content (AvgIpc) is 2.89.